The molecule has 0 atom stereocenters. The normalized spacial score (nSPS) is 14.6. The molecule has 3 aromatic rings. The molecule has 0 radical (unpaired) electrons. The summed E-state index contributed by atoms with van der Waals surface area (Å²) in [5, 5.41) is 24.8. The second-order valence-electron chi connectivity index (χ2n) is 12.5. The van der Waals surface area contributed by atoms with Crippen molar-refractivity contribution in [1.29, 1.82) is 5.26 Å². The quantitative estimate of drug-likeness (QED) is 0.128. The number of amides is 1. The number of hydrogen-bond acceptors (Lipinski definition) is 14. The number of hydrogen-bond donors (Lipinski definition) is 6. The van der Waals surface area contributed by atoms with E-state index in [1.54, 1.807) is 13.8 Å². The zero-order valence-electron chi connectivity index (χ0n) is 28.8. The van der Waals surface area contributed by atoms with E-state index in [1.807, 2.05) is 11.5 Å². The van der Waals surface area contributed by atoms with Gasteiger partial charge in [-0.25, -0.2) is 9.38 Å². The summed E-state index contributed by atoms with van der Waals surface area (Å²) in [5.74, 6) is 2.44. The molecule has 0 unspecified atom stereocenters. The molecule has 0 spiro atoms. The van der Waals surface area contributed by atoms with Crippen LogP contribution in [0.15, 0.2) is 17.1 Å². The molecule has 22 heteroatoms. The zero-order valence-corrected chi connectivity index (χ0v) is 31.3. The molecule has 1 amide bonds. The smallest absolute Gasteiger partial charge is 0.339 e. The van der Waals surface area contributed by atoms with Gasteiger partial charge < -0.3 is 34.8 Å². The van der Waals surface area contributed by atoms with Crippen LogP contribution in [0.2, 0.25) is 5.28 Å². The highest BCUT2D eigenvalue weighted by atomic mass is 35.5. The van der Waals surface area contributed by atoms with Crippen LogP contribution in [0.4, 0.5) is 27.7 Å². The second kappa shape index (κ2) is 17.7. The Kier molecular flexibility index (Phi) is 14.2. The molecule has 280 valence electrons. The summed E-state index contributed by atoms with van der Waals surface area (Å²) in [5.41, 5.74) is -0.0777. The Morgan fingerprint density at radius 2 is 1.98 bits per heavy atom. The number of carboxylic acids is 1. The number of fused-ring (bicyclic) bond motifs is 2. The SMILES string of the molecule is C#CCN1C(=O)COc2cc(F)c(N=c3snc4n3CC(C)(C)C4)cc21.CCNc1nc(Cl)nc(NC(C)(C)C#N)n1.O=C(O)CNCP(=O)(O)O. The van der Waals surface area contributed by atoms with Gasteiger partial charge in [-0.2, -0.15) is 24.6 Å². The molecule has 4 heterocycles. The van der Waals surface area contributed by atoms with Gasteiger partial charge in [-0.05, 0) is 43.9 Å². The molecule has 1 aromatic carbocycles. The van der Waals surface area contributed by atoms with E-state index in [1.165, 1.54) is 28.6 Å². The minimum absolute atomic E-state index is 0.0854. The maximum absolute atomic E-state index is 14.5. The van der Waals surface area contributed by atoms with E-state index in [0.717, 1.165) is 18.8 Å². The van der Waals surface area contributed by atoms with Gasteiger partial charge in [-0.1, -0.05) is 19.8 Å². The zero-order chi connectivity index (χ0) is 38.9. The van der Waals surface area contributed by atoms with Crippen molar-refractivity contribution in [3.63, 3.8) is 0 Å². The van der Waals surface area contributed by atoms with Crippen molar-refractivity contribution in [1.82, 2.24) is 29.2 Å². The number of terminal acetylenes is 1. The molecule has 0 saturated heterocycles. The third kappa shape index (κ3) is 12.5. The third-order valence-corrected chi connectivity index (χ3v) is 8.26. The number of ether oxygens (including phenoxy) is 1. The highest BCUT2D eigenvalue weighted by molar-refractivity contribution is 7.51. The Hall–Kier alpha value is -4.69. The molecule has 0 aliphatic carbocycles. The van der Waals surface area contributed by atoms with Crippen LogP contribution in [-0.4, -0.2) is 88.7 Å². The van der Waals surface area contributed by atoms with Crippen LogP contribution in [0.3, 0.4) is 0 Å². The van der Waals surface area contributed by atoms with Gasteiger partial charge in [0.25, 0.3) is 5.91 Å². The van der Waals surface area contributed by atoms with Crippen LogP contribution in [0.5, 0.6) is 5.75 Å². The summed E-state index contributed by atoms with van der Waals surface area (Å²) in [7, 11) is -4.10. The molecule has 5 rings (SSSR count). The van der Waals surface area contributed by atoms with Crippen molar-refractivity contribution >= 4 is 65.9 Å². The Labute approximate surface area is 307 Å². The summed E-state index contributed by atoms with van der Waals surface area (Å²) < 4.78 is 36.4. The van der Waals surface area contributed by atoms with Gasteiger partial charge >= 0.3 is 13.6 Å². The third-order valence-electron chi connectivity index (χ3n) is 6.68. The molecule has 2 aromatic heterocycles. The van der Waals surface area contributed by atoms with Gasteiger partial charge in [-0.3, -0.25) is 24.4 Å². The predicted molar refractivity (Wildman–Crippen MR) is 191 cm³/mol. The number of nitriles is 1. The summed E-state index contributed by atoms with van der Waals surface area (Å²) in [4.78, 5) is 56.6. The summed E-state index contributed by atoms with van der Waals surface area (Å²) in [6, 6.07) is 4.84. The summed E-state index contributed by atoms with van der Waals surface area (Å²) in [6.07, 6.45) is 5.62. The molecular formula is C30H38ClFN11O7PS. The fourth-order valence-electron chi connectivity index (χ4n) is 4.51. The molecule has 0 saturated carbocycles. The van der Waals surface area contributed by atoms with Crippen molar-refractivity contribution in [3.05, 3.63) is 33.9 Å². The summed E-state index contributed by atoms with van der Waals surface area (Å²) >= 11 is 6.97. The number of benzene rings is 1. The fraction of sp³-hybridized carbons (Fsp3) is 0.467. The van der Waals surface area contributed by atoms with Crippen molar-refractivity contribution in [2.75, 3.05) is 48.1 Å². The lowest BCUT2D eigenvalue weighted by Crippen LogP contribution is -2.39. The number of nitrogens with zero attached hydrogens (tertiary/aromatic N) is 8. The number of nitrogens with one attached hydrogen (secondary N) is 3. The largest absolute Gasteiger partial charge is 0.481 e. The number of anilines is 3. The number of aliphatic carboxylic acids is 1. The van der Waals surface area contributed by atoms with Crippen LogP contribution in [-0.2, 0) is 27.1 Å². The first-order valence-corrected chi connectivity index (χ1v) is 18.3. The standard InChI is InChI=1S/C18H17FN4O2S.C9H13ClN6.C3H8NO5P/c1-4-5-22-13-7-12(11(19)6-14(13)25-9-16(22)24)20-17-23-10-18(2,3)8-15(23)21-26-17;1-4-12-7-13-6(10)14-8(15-7)16-9(2,3)5-11;5-3(6)1-4-2-10(7,8)9/h1,6-7H,5,8-10H2,2-3H3;4H2,1-3H3,(H2,12,13,14,15,16);4H,1-2H2,(H,5,6)(H2,7,8,9). The van der Waals surface area contributed by atoms with Gasteiger partial charge in [0.1, 0.15) is 22.8 Å². The lowest BCUT2D eigenvalue weighted by atomic mass is 9.92. The predicted octanol–water partition coefficient (Wildman–Crippen LogP) is 2.72. The van der Waals surface area contributed by atoms with Crippen LogP contribution < -0.4 is 30.4 Å². The van der Waals surface area contributed by atoms with Gasteiger partial charge in [-0.15, -0.1) is 6.42 Å². The Morgan fingerprint density at radius 3 is 2.60 bits per heavy atom. The Morgan fingerprint density at radius 1 is 1.29 bits per heavy atom. The van der Waals surface area contributed by atoms with Gasteiger partial charge in [0.15, 0.2) is 12.4 Å². The van der Waals surface area contributed by atoms with Gasteiger partial charge in [0.2, 0.25) is 22.0 Å². The maximum atomic E-state index is 14.5. The molecule has 2 aliphatic rings. The number of carboxylic acid groups (broad SMARTS) is 1. The highest BCUT2D eigenvalue weighted by Crippen LogP contribution is 2.37. The van der Waals surface area contributed by atoms with Crippen molar-refractivity contribution < 1.29 is 38.2 Å². The van der Waals surface area contributed by atoms with Crippen LogP contribution >= 0.6 is 30.7 Å². The Bertz CT molecular complexity index is 1990. The van der Waals surface area contributed by atoms with Crippen LogP contribution in [0, 0.1) is 34.9 Å². The number of halogens is 2. The molecular weight excluding hydrogens is 744 g/mol. The number of carbonyl (C=O) groups is 2. The highest BCUT2D eigenvalue weighted by Gasteiger charge is 2.31. The molecule has 0 bridgehead atoms. The number of rotatable bonds is 10. The number of carbonyl (C=O) groups excluding carboxylic acids is 1. The van der Waals surface area contributed by atoms with Crippen molar-refractivity contribution in [2.24, 2.45) is 10.4 Å². The molecule has 2 aliphatic heterocycles. The fourth-order valence-corrected chi connectivity index (χ4v) is 5.83. The maximum Gasteiger partial charge on any atom is 0.339 e. The van der Waals surface area contributed by atoms with E-state index in [-0.39, 0.29) is 41.4 Å². The lowest BCUT2D eigenvalue weighted by molar-refractivity contribution is -0.135. The van der Waals surface area contributed by atoms with Gasteiger partial charge in [0.05, 0.1) is 31.1 Å². The average Bonchev–Trinajstić information content (AvgIpc) is 3.53. The number of aromatic nitrogens is 5. The second-order valence-corrected chi connectivity index (χ2v) is 15.2. The first-order chi connectivity index (χ1) is 24.3. The van der Waals surface area contributed by atoms with E-state index < -0.39 is 37.8 Å². The lowest BCUT2D eigenvalue weighted by Gasteiger charge is -2.28. The Balaban J connectivity index is 0.000000240. The van der Waals surface area contributed by atoms with E-state index in [0.29, 0.717) is 28.7 Å². The molecule has 18 nitrogen and oxygen atoms in total. The first kappa shape index (κ1) is 41.7. The minimum Gasteiger partial charge on any atom is -0.481 e. The van der Waals surface area contributed by atoms with Crippen LogP contribution in [0.1, 0.15) is 40.4 Å². The van der Waals surface area contributed by atoms with Crippen molar-refractivity contribution in [2.45, 2.75) is 53.1 Å². The van der Waals surface area contributed by atoms with E-state index in [2.05, 4.69) is 66.1 Å². The first-order valence-electron chi connectivity index (χ1n) is 15.4. The average molecular weight is 782 g/mol. The van der Waals surface area contributed by atoms with Gasteiger partial charge in [0, 0.05) is 37.1 Å². The molecule has 0 fully saturated rings. The van der Waals surface area contributed by atoms with Crippen molar-refractivity contribution in [3.8, 4) is 24.2 Å². The molecule has 6 N–H and O–H groups in total. The van der Waals surface area contributed by atoms with E-state index >= 15 is 0 Å². The topological polar surface area (TPSA) is 253 Å². The molecule has 52 heavy (non-hydrogen) atoms. The van der Waals surface area contributed by atoms with Crippen LogP contribution in [0.25, 0.3) is 0 Å². The summed E-state index contributed by atoms with van der Waals surface area (Å²) in [6.45, 7) is 10.7. The van der Waals surface area contributed by atoms with E-state index in [4.69, 9.17) is 42.9 Å². The van der Waals surface area contributed by atoms with E-state index in [9.17, 15) is 18.5 Å². The monoisotopic (exact) mass is 781 g/mol. The minimum atomic E-state index is -4.10.